The number of hydrogen-bond acceptors (Lipinski definition) is 4. The van der Waals surface area contributed by atoms with E-state index in [1.54, 1.807) is 7.11 Å². The molecule has 5 nitrogen and oxygen atoms in total. The number of rotatable bonds is 8. The predicted molar refractivity (Wildman–Crippen MR) is 85.5 cm³/mol. The third kappa shape index (κ3) is 4.80. The van der Waals surface area contributed by atoms with Crippen molar-refractivity contribution < 1.29 is 14.3 Å². The molecule has 1 aliphatic rings. The van der Waals surface area contributed by atoms with Crippen LogP contribution in [0.3, 0.4) is 0 Å². The largest absolute Gasteiger partial charge is 0.384 e. The Morgan fingerprint density at radius 1 is 1.27 bits per heavy atom. The van der Waals surface area contributed by atoms with E-state index in [2.05, 4.69) is 10.6 Å². The molecular weight excluding hydrogens is 280 g/mol. The lowest BCUT2D eigenvalue weighted by molar-refractivity contribution is -0.136. The minimum Gasteiger partial charge on any atom is -0.384 e. The van der Waals surface area contributed by atoms with E-state index in [9.17, 15) is 4.79 Å². The van der Waals surface area contributed by atoms with Gasteiger partial charge in [-0.25, -0.2) is 0 Å². The van der Waals surface area contributed by atoms with E-state index in [1.807, 2.05) is 30.3 Å². The zero-order valence-corrected chi connectivity index (χ0v) is 13.3. The molecule has 0 aliphatic carbocycles. The monoisotopic (exact) mass is 306 g/mol. The topological polar surface area (TPSA) is 59.6 Å². The molecule has 0 bridgehead atoms. The van der Waals surface area contributed by atoms with Crippen molar-refractivity contribution in [3.63, 3.8) is 0 Å². The van der Waals surface area contributed by atoms with Gasteiger partial charge in [-0.1, -0.05) is 30.3 Å². The zero-order valence-electron chi connectivity index (χ0n) is 13.3. The number of carbonyl (C=O) groups is 1. The van der Waals surface area contributed by atoms with Crippen LogP contribution < -0.4 is 10.6 Å². The Kier molecular flexibility index (Phi) is 6.83. The molecule has 1 fully saturated rings. The van der Waals surface area contributed by atoms with E-state index in [-0.39, 0.29) is 11.3 Å². The quantitative estimate of drug-likeness (QED) is 0.712. The van der Waals surface area contributed by atoms with E-state index >= 15 is 0 Å². The number of hydrogen-bond donors (Lipinski definition) is 2. The highest BCUT2D eigenvalue weighted by atomic mass is 16.5. The summed E-state index contributed by atoms with van der Waals surface area (Å²) in [6, 6.07) is 10.0. The Bertz CT molecular complexity index is 439. The van der Waals surface area contributed by atoms with Gasteiger partial charge in [-0.05, 0) is 31.5 Å². The van der Waals surface area contributed by atoms with Gasteiger partial charge >= 0.3 is 0 Å². The maximum Gasteiger partial charge on any atom is 0.228 e. The minimum atomic E-state index is -0.389. The van der Waals surface area contributed by atoms with Gasteiger partial charge in [0.15, 0.2) is 0 Å². The summed E-state index contributed by atoms with van der Waals surface area (Å²) < 4.78 is 10.9. The average Bonchev–Trinajstić information content (AvgIpc) is 2.56. The number of benzene rings is 1. The van der Waals surface area contributed by atoms with Gasteiger partial charge in [-0.2, -0.15) is 0 Å². The Morgan fingerprint density at radius 3 is 2.68 bits per heavy atom. The Labute approximate surface area is 132 Å². The predicted octanol–water partition coefficient (Wildman–Crippen LogP) is 1.34. The van der Waals surface area contributed by atoms with Crippen LogP contribution in [0.1, 0.15) is 18.4 Å². The molecule has 0 spiro atoms. The maximum atomic E-state index is 12.5. The molecule has 0 aromatic heterocycles. The molecule has 1 aromatic rings. The summed E-state index contributed by atoms with van der Waals surface area (Å²) >= 11 is 0. The van der Waals surface area contributed by atoms with Crippen molar-refractivity contribution in [3.05, 3.63) is 35.9 Å². The molecule has 1 amide bonds. The number of ether oxygens (including phenoxy) is 2. The molecule has 1 heterocycles. The van der Waals surface area contributed by atoms with Crippen molar-refractivity contribution in [1.29, 1.82) is 0 Å². The van der Waals surface area contributed by atoms with Crippen LogP contribution in [0.15, 0.2) is 30.3 Å². The van der Waals surface area contributed by atoms with Gasteiger partial charge in [-0.3, -0.25) is 4.79 Å². The molecule has 0 saturated carbocycles. The van der Waals surface area contributed by atoms with Crippen LogP contribution in [0.2, 0.25) is 0 Å². The van der Waals surface area contributed by atoms with Crippen LogP contribution in [0.5, 0.6) is 0 Å². The van der Waals surface area contributed by atoms with E-state index in [4.69, 9.17) is 9.47 Å². The van der Waals surface area contributed by atoms with E-state index in [1.165, 1.54) is 0 Å². The number of nitrogens with one attached hydrogen (secondary N) is 2. The first-order chi connectivity index (χ1) is 10.8. The van der Waals surface area contributed by atoms with Crippen molar-refractivity contribution in [2.75, 3.05) is 40.0 Å². The number of amides is 1. The van der Waals surface area contributed by atoms with Gasteiger partial charge < -0.3 is 20.1 Å². The summed E-state index contributed by atoms with van der Waals surface area (Å²) in [4.78, 5) is 12.5. The standard InChI is InChI=1S/C17H26N2O3/c1-21-14-17(7-9-18-10-8-17)16(20)19-11-12-22-13-15-5-3-2-4-6-15/h2-6,18H,7-14H2,1H3,(H,19,20). The Morgan fingerprint density at radius 2 is 2.00 bits per heavy atom. The second-order valence-electron chi connectivity index (χ2n) is 5.76. The first-order valence-corrected chi connectivity index (χ1v) is 7.86. The molecule has 1 aliphatic heterocycles. The van der Waals surface area contributed by atoms with Crippen molar-refractivity contribution in [3.8, 4) is 0 Å². The fraction of sp³-hybridized carbons (Fsp3) is 0.588. The molecule has 2 rings (SSSR count). The second-order valence-corrected chi connectivity index (χ2v) is 5.76. The first-order valence-electron chi connectivity index (χ1n) is 7.86. The smallest absolute Gasteiger partial charge is 0.228 e. The van der Waals surface area contributed by atoms with Gasteiger partial charge in [-0.15, -0.1) is 0 Å². The third-order valence-corrected chi connectivity index (χ3v) is 4.11. The van der Waals surface area contributed by atoms with Crippen LogP contribution >= 0.6 is 0 Å². The minimum absolute atomic E-state index is 0.0826. The lowest BCUT2D eigenvalue weighted by Gasteiger charge is -2.35. The van der Waals surface area contributed by atoms with E-state index in [0.717, 1.165) is 31.5 Å². The summed E-state index contributed by atoms with van der Waals surface area (Å²) in [7, 11) is 1.65. The van der Waals surface area contributed by atoms with Gasteiger partial charge in [0.25, 0.3) is 0 Å². The molecule has 22 heavy (non-hydrogen) atoms. The van der Waals surface area contributed by atoms with Crippen molar-refractivity contribution in [2.45, 2.75) is 19.4 Å². The molecule has 2 N–H and O–H groups in total. The molecule has 122 valence electrons. The summed E-state index contributed by atoms with van der Waals surface area (Å²) in [5, 5.41) is 6.28. The third-order valence-electron chi connectivity index (χ3n) is 4.11. The van der Waals surface area contributed by atoms with Crippen LogP contribution in [0, 0.1) is 5.41 Å². The number of methoxy groups -OCH3 is 1. The fourth-order valence-corrected chi connectivity index (χ4v) is 2.81. The highest BCUT2D eigenvalue weighted by molar-refractivity contribution is 5.83. The first kappa shape index (κ1) is 16.9. The molecule has 1 saturated heterocycles. The fourth-order valence-electron chi connectivity index (χ4n) is 2.81. The van der Waals surface area contributed by atoms with Gasteiger partial charge in [0, 0.05) is 13.7 Å². The number of piperidine rings is 1. The van der Waals surface area contributed by atoms with Gasteiger partial charge in [0.1, 0.15) is 0 Å². The zero-order chi connectivity index (χ0) is 15.7. The summed E-state index contributed by atoms with van der Waals surface area (Å²) in [6.45, 7) is 3.82. The van der Waals surface area contributed by atoms with Crippen molar-refractivity contribution >= 4 is 5.91 Å². The maximum absolute atomic E-state index is 12.5. The summed E-state index contributed by atoms with van der Waals surface area (Å²) in [6.07, 6.45) is 1.63. The summed E-state index contributed by atoms with van der Waals surface area (Å²) in [5.74, 6) is 0.0826. The van der Waals surface area contributed by atoms with Crippen LogP contribution in [-0.4, -0.2) is 45.9 Å². The lowest BCUT2D eigenvalue weighted by atomic mass is 9.78. The molecule has 0 radical (unpaired) electrons. The molecule has 1 aromatic carbocycles. The lowest BCUT2D eigenvalue weighted by Crippen LogP contribution is -2.50. The molecule has 0 unspecified atom stereocenters. The van der Waals surface area contributed by atoms with Gasteiger partial charge in [0.2, 0.25) is 5.91 Å². The highest BCUT2D eigenvalue weighted by Crippen LogP contribution is 2.29. The normalized spacial score (nSPS) is 17.1. The second kappa shape index (κ2) is 8.88. The van der Waals surface area contributed by atoms with E-state index < -0.39 is 0 Å². The molecular formula is C17H26N2O3. The van der Waals surface area contributed by atoms with Gasteiger partial charge in [0.05, 0.1) is 25.2 Å². The van der Waals surface area contributed by atoms with Crippen LogP contribution in [0.25, 0.3) is 0 Å². The van der Waals surface area contributed by atoms with Crippen LogP contribution in [0.4, 0.5) is 0 Å². The number of carbonyl (C=O) groups excluding carboxylic acids is 1. The molecule has 5 heteroatoms. The van der Waals surface area contributed by atoms with E-state index in [0.29, 0.717) is 26.4 Å². The van der Waals surface area contributed by atoms with Crippen molar-refractivity contribution in [1.82, 2.24) is 10.6 Å². The highest BCUT2D eigenvalue weighted by Gasteiger charge is 2.39. The Hall–Kier alpha value is -1.43. The average molecular weight is 306 g/mol. The van der Waals surface area contributed by atoms with Crippen LogP contribution in [-0.2, 0) is 20.9 Å². The SMILES string of the molecule is COCC1(C(=O)NCCOCc2ccccc2)CCNCC1. The summed E-state index contributed by atoms with van der Waals surface area (Å²) in [5.41, 5.74) is 0.752. The molecule has 0 atom stereocenters. The Balaban J connectivity index is 1.69. The van der Waals surface area contributed by atoms with Crippen molar-refractivity contribution in [2.24, 2.45) is 5.41 Å².